The molecule has 0 N–H and O–H groups in total. The summed E-state index contributed by atoms with van der Waals surface area (Å²) in [5.74, 6) is 1.61. The van der Waals surface area contributed by atoms with Crippen molar-refractivity contribution in [1.82, 2.24) is 0 Å². The van der Waals surface area contributed by atoms with Crippen LogP contribution in [-0.4, -0.2) is 15.2 Å². The molecule has 0 aliphatic rings. The molecule has 22 heavy (non-hydrogen) atoms. The number of hydrogen-bond donors (Lipinski definition) is 0. The van der Waals surface area contributed by atoms with Crippen LogP contribution in [0, 0.1) is 6.92 Å². The van der Waals surface area contributed by atoms with Crippen LogP contribution in [0.25, 0.3) is 0 Å². The molecule has 2 rings (SSSR count). The van der Waals surface area contributed by atoms with E-state index >= 15 is 0 Å². The van der Waals surface area contributed by atoms with Crippen LogP contribution >= 0.6 is 0 Å². The second-order valence-corrected chi connectivity index (χ2v) is 7.97. The monoisotopic (exact) mass is 315 g/mol. The zero-order valence-corrected chi connectivity index (χ0v) is 14.2. The maximum atomic E-state index is 11.9. The fraction of sp³-hybridized carbons (Fsp3) is 0.278. The molecule has 1 unspecified atom stereocenters. The highest BCUT2D eigenvalue weighted by Crippen LogP contribution is 2.25. The lowest BCUT2D eigenvalue weighted by Crippen LogP contribution is -2.19. The predicted octanol–water partition coefficient (Wildman–Crippen LogP) is 4.67. The van der Waals surface area contributed by atoms with Crippen molar-refractivity contribution in [3.8, 4) is 11.5 Å². The van der Waals surface area contributed by atoms with Gasteiger partial charge < -0.3 is 4.74 Å². The Bertz CT molecular complexity index is 688. The highest BCUT2D eigenvalue weighted by molar-refractivity contribution is 7.85. The van der Waals surface area contributed by atoms with Crippen LogP contribution in [-0.2, 0) is 11.0 Å². The highest BCUT2D eigenvalue weighted by Gasteiger charge is 2.18. The van der Waals surface area contributed by atoms with Crippen molar-refractivity contribution < 1.29 is 8.95 Å². The van der Waals surface area contributed by atoms with Gasteiger partial charge >= 0.3 is 0 Å². The number of nitrogens with zero attached hydrogens (tertiary/aromatic N) is 1. The summed E-state index contributed by atoms with van der Waals surface area (Å²) in [7, 11) is -1.24. The Kier molecular flexibility index (Phi) is 5.14. The van der Waals surface area contributed by atoms with Crippen LogP contribution in [0.15, 0.2) is 52.9 Å². The fourth-order valence-electron chi connectivity index (χ4n) is 1.75. The largest absolute Gasteiger partial charge is 0.457 e. The molecule has 0 aliphatic carbocycles. The highest BCUT2D eigenvalue weighted by atomic mass is 32.2. The van der Waals surface area contributed by atoms with Crippen LogP contribution in [0.2, 0.25) is 0 Å². The Morgan fingerprint density at radius 2 is 1.77 bits per heavy atom. The lowest BCUT2D eigenvalue weighted by Gasteiger charge is -2.13. The summed E-state index contributed by atoms with van der Waals surface area (Å²) in [5, 5.41) is 0. The van der Waals surface area contributed by atoms with Gasteiger partial charge in [0.1, 0.15) is 22.5 Å². The van der Waals surface area contributed by atoms with E-state index in [9.17, 15) is 4.21 Å². The first-order valence-corrected chi connectivity index (χ1v) is 8.26. The van der Waals surface area contributed by atoms with E-state index in [2.05, 4.69) is 4.40 Å². The Morgan fingerprint density at radius 3 is 2.36 bits per heavy atom. The van der Waals surface area contributed by atoms with Crippen molar-refractivity contribution in [2.45, 2.75) is 32.4 Å². The minimum Gasteiger partial charge on any atom is -0.457 e. The van der Waals surface area contributed by atoms with Crippen molar-refractivity contribution in [1.29, 1.82) is 0 Å². The molecule has 0 fully saturated rings. The number of benzene rings is 2. The summed E-state index contributed by atoms with van der Waals surface area (Å²) < 4.78 is 21.5. The molecule has 0 saturated heterocycles. The van der Waals surface area contributed by atoms with Gasteiger partial charge in [0.25, 0.3) is 0 Å². The Balaban J connectivity index is 2.13. The third-order valence-corrected chi connectivity index (χ3v) is 4.34. The number of rotatable bonds is 4. The summed E-state index contributed by atoms with van der Waals surface area (Å²) in [6.45, 7) is 7.70. The fourth-order valence-corrected chi connectivity index (χ4v) is 2.28. The molecule has 0 amide bonds. The molecule has 0 saturated carbocycles. The van der Waals surface area contributed by atoms with Crippen molar-refractivity contribution in [2.24, 2.45) is 4.40 Å². The lowest BCUT2D eigenvalue weighted by molar-refractivity contribution is 0.479. The molecular formula is C18H21NO2S. The molecular weight excluding hydrogens is 294 g/mol. The molecule has 2 aromatic carbocycles. The molecule has 116 valence electrons. The van der Waals surface area contributed by atoms with E-state index in [1.165, 1.54) is 0 Å². The third kappa shape index (κ3) is 4.53. The van der Waals surface area contributed by atoms with E-state index in [0.717, 1.165) is 22.6 Å². The molecule has 0 aliphatic heterocycles. The lowest BCUT2D eigenvalue weighted by atomic mass is 10.1. The van der Waals surface area contributed by atoms with Gasteiger partial charge in [0, 0.05) is 6.21 Å². The quantitative estimate of drug-likeness (QED) is 0.769. The zero-order valence-electron chi connectivity index (χ0n) is 13.4. The average molecular weight is 315 g/mol. The maximum Gasteiger partial charge on any atom is 0.144 e. The predicted molar refractivity (Wildman–Crippen MR) is 93.2 cm³/mol. The topological polar surface area (TPSA) is 38.7 Å². The average Bonchev–Trinajstić information content (AvgIpc) is 2.47. The normalized spacial score (nSPS) is 13.3. The molecule has 0 heterocycles. The van der Waals surface area contributed by atoms with Crippen LogP contribution in [0.3, 0.4) is 0 Å². The van der Waals surface area contributed by atoms with Crippen LogP contribution < -0.4 is 4.74 Å². The van der Waals surface area contributed by atoms with E-state index in [-0.39, 0.29) is 4.75 Å². The minimum atomic E-state index is -1.24. The molecule has 2 aromatic rings. The summed E-state index contributed by atoms with van der Waals surface area (Å²) in [4.78, 5) is 0. The molecule has 1 atom stereocenters. The Hall–Kier alpha value is -1.94. The van der Waals surface area contributed by atoms with Gasteiger partial charge in [-0.3, -0.25) is 0 Å². The van der Waals surface area contributed by atoms with E-state index in [1.54, 1.807) is 6.21 Å². The Labute approximate surface area is 134 Å². The Morgan fingerprint density at radius 1 is 1.09 bits per heavy atom. The van der Waals surface area contributed by atoms with E-state index in [0.29, 0.717) is 0 Å². The first kappa shape index (κ1) is 16.4. The number of ether oxygens (including phenoxy) is 1. The minimum absolute atomic E-state index is 0.345. The van der Waals surface area contributed by atoms with Gasteiger partial charge in [-0.2, -0.15) is 4.40 Å². The van der Waals surface area contributed by atoms with Crippen LogP contribution in [0.4, 0.5) is 0 Å². The van der Waals surface area contributed by atoms with Crippen LogP contribution in [0.5, 0.6) is 11.5 Å². The van der Waals surface area contributed by atoms with Crippen LogP contribution in [0.1, 0.15) is 31.9 Å². The van der Waals surface area contributed by atoms with Crippen molar-refractivity contribution in [2.75, 3.05) is 0 Å². The molecule has 0 radical (unpaired) electrons. The second kappa shape index (κ2) is 6.88. The first-order chi connectivity index (χ1) is 10.4. The zero-order chi connectivity index (χ0) is 16.2. The smallest absolute Gasteiger partial charge is 0.144 e. The number of hydrogen-bond acceptors (Lipinski definition) is 2. The van der Waals surface area contributed by atoms with Gasteiger partial charge in [-0.25, -0.2) is 4.21 Å². The van der Waals surface area contributed by atoms with Gasteiger partial charge in [-0.15, -0.1) is 0 Å². The molecule has 3 nitrogen and oxygen atoms in total. The van der Waals surface area contributed by atoms with E-state index < -0.39 is 11.0 Å². The van der Waals surface area contributed by atoms with E-state index in [4.69, 9.17) is 4.74 Å². The third-order valence-electron chi connectivity index (χ3n) is 2.99. The summed E-state index contributed by atoms with van der Waals surface area (Å²) >= 11 is 0. The summed E-state index contributed by atoms with van der Waals surface area (Å²) in [6, 6.07) is 15.5. The van der Waals surface area contributed by atoms with Gasteiger partial charge in [0.2, 0.25) is 0 Å². The van der Waals surface area contributed by atoms with Gasteiger partial charge in [-0.05, 0) is 69.2 Å². The number of para-hydroxylation sites is 1. The first-order valence-electron chi connectivity index (χ1n) is 7.16. The molecule has 4 heteroatoms. The van der Waals surface area contributed by atoms with Crippen molar-refractivity contribution in [3.05, 3.63) is 59.7 Å². The SMILES string of the molecule is Cc1cc(/C=N/S(=O)C(C)(C)C)ccc1Oc1ccccc1. The van der Waals surface area contributed by atoms with Crippen molar-refractivity contribution in [3.63, 3.8) is 0 Å². The standard InChI is InChI=1S/C18H21NO2S/c1-14-12-15(13-19-22(20)18(2,3)4)10-11-17(14)21-16-8-6-5-7-9-16/h5-13H,1-4H3/b19-13+. The second-order valence-electron chi connectivity index (χ2n) is 6.04. The molecule has 0 aromatic heterocycles. The van der Waals surface area contributed by atoms with E-state index in [1.807, 2.05) is 76.2 Å². The molecule has 0 spiro atoms. The van der Waals surface area contributed by atoms with Crippen molar-refractivity contribution >= 4 is 17.2 Å². The maximum absolute atomic E-state index is 11.9. The van der Waals surface area contributed by atoms with Gasteiger partial charge in [0.05, 0.1) is 4.75 Å². The molecule has 0 bridgehead atoms. The summed E-state index contributed by atoms with van der Waals surface area (Å²) in [5.41, 5.74) is 1.92. The van der Waals surface area contributed by atoms with Gasteiger partial charge in [-0.1, -0.05) is 18.2 Å². The van der Waals surface area contributed by atoms with Gasteiger partial charge in [0.15, 0.2) is 0 Å². The summed E-state index contributed by atoms with van der Waals surface area (Å²) in [6.07, 6.45) is 1.65. The number of aryl methyl sites for hydroxylation is 1.